The molecule has 2 N–H and O–H groups in total. The number of methoxy groups -OCH3 is 1. The standard InChI is InChI=1S/C22H19N3O4/c1-13(26)24-15-6-8-18-17(11-15)21-14(5-7-19(28-2)22(21)29-18)10-20(27)25-16-4-3-9-23-12-16/h3-9,11-12H,10H2,1-2H3,(H,24,26)(H,25,27). The second-order valence-electron chi connectivity index (χ2n) is 6.59. The van der Waals surface area contributed by atoms with Gasteiger partial charge in [-0.1, -0.05) is 6.07 Å². The minimum absolute atomic E-state index is 0.147. The van der Waals surface area contributed by atoms with Crippen molar-refractivity contribution in [3.05, 3.63) is 60.4 Å². The van der Waals surface area contributed by atoms with Gasteiger partial charge in [0.1, 0.15) is 5.58 Å². The van der Waals surface area contributed by atoms with E-state index < -0.39 is 0 Å². The summed E-state index contributed by atoms with van der Waals surface area (Å²) in [5, 5.41) is 7.20. The summed E-state index contributed by atoms with van der Waals surface area (Å²) in [7, 11) is 1.57. The van der Waals surface area contributed by atoms with Crippen LogP contribution >= 0.6 is 0 Å². The van der Waals surface area contributed by atoms with E-state index in [1.807, 2.05) is 12.1 Å². The third-order valence-electron chi connectivity index (χ3n) is 4.51. The first kappa shape index (κ1) is 18.5. The number of hydrogen-bond donors (Lipinski definition) is 2. The highest BCUT2D eigenvalue weighted by atomic mass is 16.5. The number of ether oxygens (including phenoxy) is 1. The zero-order chi connectivity index (χ0) is 20.4. The van der Waals surface area contributed by atoms with Gasteiger partial charge in [0.25, 0.3) is 0 Å². The van der Waals surface area contributed by atoms with Gasteiger partial charge in [-0.05, 0) is 42.0 Å². The summed E-state index contributed by atoms with van der Waals surface area (Å²) in [5.41, 5.74) is 3.29. The highest BCUT2D eigenvalue weighted by Crippen LogP contribution is 2.38. The van der Waals surface area contributed by atoms with Crippen LogP contribution in [0.4, 0.5) is 11.4 Å². The Morgan fingerprint density at radius 3 is 2.69 bits per heavy atom. The SMILES string of the molecule is COc1ccc(CC(=O)Nc2cccnc2)c2c1oc1ccc(NC(C)=O)cc12. The maximum Gasteiger partial charge on any atom is 0.228 e. The summed E-state index contributed by atoms with van der Waals surface area (Å²) < 4.78 is 11.4. The average Bonchev–Trinajstić information content (AvgIpc) is 3.08. The van der Waals surface area contributed by atoms with Crippen molar-refractivity contribution in [3.63, 3.8) is 0 Å². The maximum absolute atomic E-state index is 12.6. The molecule has 0 saturated heterocycles. The summed E-state index contributed by atoms with van der Waals surface area (Å²) in [6, 6.07) is 12.6. The molecule has 4 rings (SSSR count). The Bertz CT molecular complexity index is 1220. The van der Waals surface area contributed by atoms with Crippen molar-refractivity contribution in [1.82, 2.24) is 4.98 Å². The van der Waals surface area contributed by atoms with E-state index in [2.05, 4.69) is 15.6 Å². The van der Waals surface area contributed by atoms with Crippen LogP contribution in [0.25, 0.3) is 21.9 Å². The molecule has 0 aliphatic rings. The van der Waals surface area contributed by atoms with Gasteiger partial charge >= 0.3 is 0 Å². The maximum atomic E-state index is 12.6. The zero-order valence-corrected chi connectivity index (χ0v) is 16.0. The van der Waals surface area contributed by atoms with Crippen molar-refractivity contribution >= 4 is 45.1 Å². The molecular formula is C22H19N3O4. The monoisotopic (exact) mass is 389 g/mol. The molecule has 0 fully saturated rings. The van der Waals surface area contributed by atoms with Crippen molar-refractivity contribution in [2.45, 2.75) is 13.3 Å². The quantitative estimate of drug-likeness (QED) is 0.535. The number of hydrogen-bond acceptors (Lipinski definition) is 5. The van der Waals surface area contributed by atoms with Crippen LogP contribution in [0.1, 0.15) is 12.5 Å². The number of nitrogens with one attached hydrogen (secondary N) is 2. The number of rotatable bonds is 5. The van der Waals surface area contributed by atoms with E-state index in [0.29, 0.717) is 28.3 Å². The molecule has 0 spiro atoms. The van der Waals surface area contributed by atoms with E-state index in [9.17, 15) is 9.59 Å². The summed E-state index contributed by atoms with van der Waals surface area (Å²) in [6.45, 7) is 1.45. The first-order valence-corrected chi connectivity index (χ1v) is 9.05. The number of aromatic nitrogens is 1. The van der Waals surface area contributed by atoms with Crippen molar-refractivity contribution in [2.24, 2.45) is 0 Å². The molecule has 29 heavy (non-hydrogen) atoms. The molecule has 2 aromatic heterocycles. The molecule has 0 unspecified atom stereocenters. The highest BCUT2D eigenvalue weighted by Gasteiger charge is 2.18. The Hall–Kier alpha value is -3.87. The first-order valence-electron chi connectivity index (χ1n) is 9.05. The molecule has 2 amide bonds. The third-order valence-corrected chi connectivity index (χ3v) is 4.51. The fourth-order valence-corrected chi connectivity index (χ4v) is 3.33. The van der Waals surface area contributed by atoms with E-state index in [-0.39, 0.29) is 18.2 Å². The number of carbonyl (C=O) groups is 2. The van der Waals surface area contributed by atoms with E-state index in [0.717, 1.165) is 16.3 Å². The van der Waals surface area contributed by atoms with Crippen LogP contribution in [0, 0.1) is 0 Å². The zero-order valence-electron chi connectivity index (χ0n) is 16.0. The van der Waals surface area contributed by atoms with Crippen molar-refractivity contribution in [1.29, 1.82) is 0 Å². The summed E-state index contributed by atoms with van der Waals surface area (Å²) in [6.07, 6.45) is 3.38. The fourth-order valence-electron chi connectivity index (χ4n) is 3.33. The molecule has 0 aliphatic carbocycles. The molecule has 0 aliphatic heterocycles. The van der Waals surface area contributed by atoms with Crippen molar-refractivity contribution in [2.75, 3.05) is 17.7 Å². The van der Waals surface area contributed by atoms with E-state index in [1.165, 1.54) is 6.92 Å². The molecule has 7 nitrogen and oxygen atoms in total. The number of fused-ring (bicyclic) bond motifs is 3. The lowest BCUT2D eigenvalue weighted by Crippen LogP contribution is -2.14. The summed E-state index contributed by atoms with van der Waals surface area (Å²) >= 11 is 0. The Morgan fingerprint density at radius 1 is 1.10 bits per heavy atom. The van der Waals surface area contributed by atoms with E-state index >= 15 is 0 Å². The van der Waals surface area contributed by atoms with E-state index in [1.54, 1.807) is 49.8 Å². The van der Waals surface area contributed by atoms with Gasteiger partial charge in [-0.2, -0.15) is 0 Å². The van der Waals surface area contributed by atoms with E-state index in [4.69, 9.17) is 9.15 Å². The van der Waals surface area contributed by atoms with Gasteiger partial charge in [0.05, 0.1) is 25.4 Å². The minimum atomic E-state index is -0.170. The second-order valence-corrected chi connectivity index (χ2v) is 6.59. The van der Waals surface area contributed by atoms with Gasteiger partial charge in [0.15, 0.2) is 11.3 Å². The van der Waals surface area contributed by atoms with Crippen LogP contribution in [-0.4, -0.2) is 23.9 Å². The molecule has 0 atom stereocenters. The van der Waals surface area contributed by atoms with Crippen LogP contribution in [-0.2, 0) is 16.0 Å². The number of nitrogens with zero attached hydrogens (tertiary/aromatic N) is 1. The summed E-state index contributed by atoms with van der Waals surface area (Å²) in [5.74, 6) is 0.247. The van der Waals surface area contributed by atoms with Gasteiger partial charge in [0, 0.05) is 29.6 Å². The molecule has 0 saturated carbocycles. The molecule has 2 heterocycles. The smallest absolute Gasteiger partial charge is 0.228 e. The predicted octanol–water partition coefficient (Wildman–Crippen LogP) is 4.13. The van der Waals surface area contributed by atoms with Crippen LogP contribution in [0.15, 0.2) is 59.3 Å². The Labute approximate surface area is 166 Å². The number of anilines is 2. The molecular weight excluding hydrogens is 370 g/mol. The molecule has 146 valence electrons. The number of carbonyl (C=O) groups excluding carboxylic acids is 2. The Morgan fingerprint density at radius 2 is 1.97 bits per heavy atom. The van der Waals surface area contributed by atoms with Crippen LogP contribution < -0.4 is 15.4 Å². The van der Waals surface area contributed by atoms with Crippen LogP contribution in [0.5, 0.6) is 5.75 Å². The first-order chi connectivity index (χ1) is 14.0. The lowest BCUT2D eigenvalue weighted by Gasteiger charge is -2.08. The normalized spacial score (nSPS) is 10.8. The molecule has 4 aromatic rings. The number of benzene rings is 2. The molecule has 0 radical (unpaired) electrons. The molecule has 0 bridgehead atoms. The minimum Gasteiger partial charge on any atom is -0.493 e. The lowest BCUT2D eigenvalue weighted by molar-refractivity contribution is -0.116. The number of furan rings is 1. The third kappa shape index (κ3) is 3.75. The second kappa shape index (κ2) is 7.63. The fraction of sp³-hybridized carbons (Fsp3) is 0.136. The van der Waals surface area contributed by atoms with Crippen LogP contribution in [0.3, 0.4) is 0 Å². The van der Waals surface area contributed by atoms with Gasteiger partial charge in [0.2, 0.25) is 11.8 Å². The number of amides is 2. The van der Waals surface area contributed by atoms with Gasteiger partial charge in [-0.3, -0.25) is 14.6 Å². The van der Waals surface area contributed by atoms with Gasteiger partial charge in [-0.15, -0.1) is 0 Å². The largest absolute Gasteiger partial charge is 0.493 e. The molecule has 2 aromatic carbocycles. The van der Waals surface area contributed by atoms with Gasteiger partial charge in [-0.25, -0.2) is 0 Å². The highest BCUT2D eigenvalue weighted by molar-refractivity contribution is 6.11. The topological polar surface area (TPSA) is 93.5 Å². The van der Waals surface area contributed by atoms with Gasteiger partial charge < -0.3 is 19.8 Å². The summed E-state index contributed by atoms with van der Waals surface area (Å²) in [4.78, 5) is 28.0. The van der Waals surface area contributed by atoms with Crippen LogP contribution in [0.2, 0.25) is 0 Å². The Balaban J connectivity index is 1.78. The Kier molecular flexibility index (Phi) is 4.87. The average molecular weight is 389 g/mol. The number of pyridine rings is 1. The lowest BCUT2D eigenvalue weighted by atomic mass is 10.0. The predicted molar refractivity (Wildman–Crippen MR) is 111 cm³/mol. The molecule has 7 heteroatoms. The van der Waals surface area contributed by atoms with Crippen molar-refractivity contribution in [3.8, 4) is 5.75 Å². The van der Waals surface area contributed by atoms with Crippen molar-refractivity contribution < 1.29 is 18.7 Å².